The van der Waals surface area contributed by atoms with Crippen LogP contribution in [0.4, 0.5) is 22.1 Å². The molecule has 2 aliphatic heterocycles. The van der Waals surface area contributed by atoms with Gasteiger partial charge in [0.05, 0.1) is 6.61 Å². The lowest BCUT2D eigenvalue weighted by atomic mass is 10.3. The van der Waals surface area contributed by atoms with E-state index in [9.17, 15) is 4.79 Å². The molecule has 0 spiro atoms. The predicted molar refractivity (Wildman–Crippen MR) is 117 cm³/mol. The number of amides is 2. The number of hydrogen-bond acceptors (Lipinski definition) is 7. The van der Waals surface area contributed by atoms with Crippen molar-refractivity contribution in [3.8, 4) is 0 Å². The molecule has 160 valence electrons. The first-order chi connectivity index (χ1) is 14.7. The van der Waals surface area contributed by atoms with Gasteiger partial charge in [0.15, 0.2) is 11.6 Å². The van der Waals surface area contributed by atoms with Crippen molar-refractivity contribution in [2.45, 2.75) is 0 Å². The Morgan fingerprint density at radius 2 is 1.40 bits per heavy atom. The van der Waals surface area contributed by atoms with E-state index in [1.807, 2.05) is 47.4 Å². The summed E-state index contributed by atoms with van der Waals surface area (Å²) in [6, 6.07) is 13.5. The van der Waals surface area contributed by atoms with Crippen molar-refractivity contribution in [2.24, 2.45) is 0 Å². The third-order valence-corrected chi connectivity index (χ3v) is 5.66. The number of aromatic nitrogens is 2. The van der Waals surface area contributed by atoms with Crippen LogP contribution in [-0.2, 0) is 0 Å². The standard InChI is InChI=1S/C21H29N7O2/c29-17-16-25-8-10-26(11-9-25)19-6-7-20(24-23-19)27-12-14-28(15-13-27)21(30)22-18-4-2-1-3-5-18/h1-7,29H,8-17H2,(H,22,30). The number of anilines is 3. The van der Waals surface area contributed by atoms with E-state index in [0.29, 0.717) is 13.1 Å². The molecule has 0 radical (unpaired) electrons. The molecule has 1 aromatic carbocycles. The molecule has 3 heterocycles. The Bertz CT molecular complexity index is 802. The van der Waals surface area contributed by atoms with Crippen molar-refractivity contribution >= 4 is 23.4 Å². The van der Waals surface area contributed by atoms with Gasteiger partial charge in [-0.1, -0.05) is 18.2 Å². The van der Waals surface area contributed by atoms with Gasteiger partial charge >= 0.3 is 6.03 Å². The zero-order valence-electron chi connectivity index (χ0n) is 17.2. The number of nitrogens with zero attached hydrogens (tertiary/aromatic N) is 6. The van der Waals surface area contributed by atoms with Gasteiger partial charge in [-0.3, -0.25) is 4.90 Å². The van der Waals surface area contributed by atoms with Crippen LogP contribution in [-0.4, -0.2) is 96.6 Å². The molecule has 0 bridgehead atoms. The fourth-order valence-electron chi connectivity index (χ4n) is 3.86. The smallest absolute Gasteiger partial charge is 0.321 e. The number of aliphatic hydroxyl groups is 1. The summed E-state index contributed by atoms with van der Waals surface area (Å²) in [7, 11) is 0. The van der Waals surface area contributed by atoms with E-state index >= 15 is 0 Å². The minimum Gasteiger partial charge on any atom is -0.395 e. The molecular weight excluding hydrogens is 382 g/mol. The van der Waals surface area contributed by atoms with E-state index in [4.69, 9.17) is 5.11 Å². The van der Waals surface area contributed by atoms with Crippen LogP contribution in [0.1, 0.15) is 0 Å². The molecule has 9 heteroatoms. The summed E-state index contributed by atoms with van der Waals surface area (Å²) in [6.07, 6.45) is 0. The largest absolute Gasteiger partial charge is 0.395 e. The Kier molecular flexibility index (Phi) is 6.60. The number of urea groups is 1. The zero-order chi connectivity index (χ0) is 20.8. The Morgan fingerprint density at radius 3 is 1.93 bits per heavy atom. The van der Waals surface area contributed by atoms with Crippen molar-refractivity contribution in [3.05, 3.63) is 42.5 Å². The number of aliphatic hydroxyl groups excluding tert-OH is 1. The molecule has 30 heavy (non-hydrogen) atoms. The molecule has 9 nitrogen and oxygen atoms in total. The van der Waals surface area contributed by atoms with Crippen LogP contribution in [0.15, 0.2) is 42.5 Å². The van der Waals surface area contributed by atoms with E-state index in [0.717, 1.165) is 63.1 Å². The first kappa shape index (κ1) is 20.4. The average Bonchev–Trinajstić information content (AvgIpc) is 2.81. The summed E-state index contributed by atoms with van der Waals surface area (Å²) in [5.74, 6) is 1.74. The van der Waals surface area contributed by atoms with Gasteiger partial charge in [-0.2, -0.15) is 0 Å². The van der Waals surface area contributed by atoms with Crippen molar-refractivity contribution in [2.75, 3.05) is 80.6 Å². The third-order valence-electron chi connectivity index (χ3n) is 5.66. The fourth-order valence-corrected chi connectivity index (χ4v) is 3.86. The second-order valence-electron chi connectivity index (χ2n) is 7.57. The summed E-state index contributed by atoms with van der Waals surface area (Å²) in [6.45, 7) is 7.33. The second kappa shape index (κ2) is 9.73. The van der Waals surface area contributed by atoms with Crippen LogP contribution in [0.25, 0.3) is 0 Å². The summed E-state index contributed by atoms with van der Waals surface area (Å²) >= 11 is 0. The highest BCUT2D eigenvalue weighted by molar-refractivity contribution is 5.89. The quantitative estimate of drug-likeness (QED) is 0.757. The average molecular weight is 412 g/mol. The molecule has 2 amide bonds. The molecule has 4 rings (SSSR count). The lowest BCUT2D eigenvalue weighted by Crippen LogP contribution is -2.50. The third kappa shape index (κ3) is 4.98. The van der Waals surface area contributed by atoms with Gasteiger partial charge in [0, 0.05) is 64.6 Å². The molecule has 1 aromatic heterocycles. The summed E-state index contributed by atoms with van der Waals surface area (Å²) in [5, 5.41) is 20.9. The van der Waals surface area contributed by atoms with Gasteiger partial charge in [0.1, 0.15) is 0 Å². The van der Waals surface area contributed by atoms with Crippen LogP contribution in [0.5, 0.6) is 0 Å². The highest BCUT2D eigenvalue weighted by Gasteiger charge is 2.23. The van der Waals surface area contributed by atoms with E-state index < -0.39 is 0 Å². The van der Waals surface area contributed by atoms with Crippen molar-refractivity contribution in [1.29, 1.82) is 0 Å². The molecule has 0 saturated carbocycles. The maximum Gasteiger partial charge on any atom is 0.321 e. The number of nitrogens with one attached hydrogen (secondary N) is 1. The monoisotopic (exact) mass is 411 g/mol. The Hall–Kier alpha value is -2.91. The lowest BCUT2D eigenvalue weighted by Gasteiger charge is -2.36. The maximum atomic E-state index is 12.4. The fraction of sp³-hybridized carbons (Fsp3) is 0.476. The minimum atomic E-state index is -0.0670. The Balaban J connectivity index is 1.26. The van der Waals surface area contributed by atoms with Crippen molar-refractivity contribution in [3.63, 3.8) is 0 Å². The van der Waals surface area contributed by atoms with Gasteiger partial charge in [-0.25, -0.2) is 4.79 Å². The highest BCUT2D eigenvalue weighted by Crippen LogP contribution is 2.18. The number of carbonyl (C=O) groups is 1. The predicted octanol–water partition coefficient (Wildman–Crippen LogP) is 0.945. The molecule has 0 aliphatic carbocycles. The number of para-hydroxylation sites is 1. The van der Waals surface area contributed by atoms with Crippen LogP contribution >= 0.6 is 0 Å². The van der Waals surface area contributed by atoms with E-state index in [2.05, 4.69) is 30.2 Å². The Labute approximate surface area is 176 Å². The molecule has 0 unspecified atom stereocenters. The van der Waals surface area contributed by atoms with E-state index in [1.54, 1.807) is 0 Å². The number of benzene rings is 1. The van der Waals surface area contributed by atoms with Gasteiger partial charge < -0.3 is 25.1 Å². The number of piperazine rings is 2. The normalized spacial score (nSPS) is 17.8. The summed E-state index contributed by atoms with van der Waals surface area (Å²) in [5.41, 5.74) is 0.809. The lowest BCUT2D eigenvalue weighted by molar-refractivity contribution is 0.188. The first-order valence-corrected chi connectivity index (χ1v) is 10.5. The van der Waals surface area contributed by atoms with Crippen LogP contribution in [0.3, 0.4) is 0 Å². The molecule has 2 fully saturated rings. The topological polar surface area (TPSA) is 88.1 Å². The van der Waals surface area contributed by atoms with E-state index in [1.165, 1.54) is 0 Å². The maximum absolute atomic E-state index is 12.4. The Morgan fingerprint density at radius 1 is 0.833 bits per heavy atom. The van der Waals surface area contributed by atoms with Gasteiger partial charge in [-0.05, 0) is 24.3 Å². The second-order valence-corrected chi connectivity index (χ2v) is 7.57. The first-order valence-electron chi connectivity index (χ1n) is 10.5. The molecule has 2 N–H and O–H groups in total. The molecule has 2 aromatic rings. The number of rotatable bonds is 5. The molecular formula is C21H29N7O2. The number of carbonyl (C=O) groups excluding carboxylic acids is 1. The SMILES string of the molecule is O=C(Nc1ccccc1)N1CCN(c2ccc(N3CCN(CCO)CC3)nn2)CC1. The van der Waals surface area contributed by atoms with Gasteiger partial charge in [0.2, 0.25) is 0 Å². The van der Waals surface area contributed by atoms with Gasteiger partial charge in [0.25, 0.3) is 0 Å². The summed E-state index contributed by atoms with van der Waals surface area (Å²) < 4.78 is 0. The van der Waals surface area contributed by atoms with Crippen molar-refractivity contribution in [1.82, 2.24) is 20.0 Å². The van der Waals surface area contributed by atoms with Crippen LogP contribution in [0, 0.1) is 0 Å². The molecule has 0 atom stereocenters. The molecule has 2 saturated heterocycles. The number of hydrogen-bond donors (Lipinski definition) is 2. The highest BCUT2D eigenvalue weighted by atomic mass is 16.3. The zero-order valence-corrected chi connectivity index (χ0v) is 17.2. The summed E-state index contributed by atoms with van der Waals surface area (Å²) in [4.78, 5) is 20.9. The van der Waals surface area contributed by atoms with E-state index in [-0.39, 0.29) is 12.6 Å². The van der Waals surface area contributed by atoms with Gasteiger partial charge in [-0.15, -0.1) is 10.2 Å². The van der Waals surface area contributed by atoms with Crippen LogP contribution < -0.4 is 15.1 Å². The minimum absolute atomic E-state index is 0.0670. The number of β-amino-alcohol motifs (C(OH)–C–C–N with tert-alkyl or cyclic N) is 1. The molecule has 2 aliphatic rings. The van der Waals surface area contributed by atoms with Crippen molar-refractivity contribution < 1.29 is 9.90 Å². The van der Waals surface area contributed by atoms with Crippen LogP contribution in [0.2, 0.25) is 0 Å².